The Hall–Kier alpha value is -2.56. The zero-order valence-electron chi connectivity index (χ0n) is 11.6. The first-order chi connectivity index (χ1) is 10.3. The molecule has 3 aromatic rings. The summed E-state index contributed by atoms with van der Waals surface area (Å²) in [5.74, 6) is 0.173. The minimum absolute atomic E-state index is 0.173. The van der Waals surface area contributed by atoms with Gasteiger partial charge in [-0.25, -0.2) is 0 Å². The van der Waals surface area contributed by atoms with E-state index in [1.54, 1.807) is 6.20 Å². The third kappa shape index (κ3) is 2.11. The van der Waals surface area contributed by atoms with Crippen molar-refractivity contribution in [3.8, 4) is 0 Å². The maximum atomic E-state index is 12.5. The van der Waals surface area contributed by atoms with Crippen LogP contribution in [0.25, 0.3) is 10.9 Å². The molecule has 21 heavy (non-hydrogen) atoms. The Morgan fingerprint density at radius 1 is 1.24 bits per heavy atom. The fraction of sp³-hybridized carbons (Fsp3) is 0.250. The third-order valence-electron chi connectivity index (χ3n) is 4.11. The first-order valence-electron chi connectivity index (χ1n) is 7.15. The molecule has 0 radical (unpaired) electrons. The van der Waals surface area contributed by atoms with E-state index in [-0.39, 0.29) is 5.91 Å². The van der Waals surface area contributed by atoms with Gasteiger partial charge in [0.05, 0.1) is 25.2 Å². The molecule has 0 bridgehead atoms. The van der Waals surface area contributed by atoms with Crippen molar-refractivity contribution in [2.24, 2.45) is 0 Å². The third-order valence-corrected chi connectivity index (χ3v) is 4.11. The number of rotatable bonds is 2. The molecular formula is C16H16N4O. The summed E-state index contributed by atoms with van der Waals surface area (Å²) in [7, 11) is 0. The van der Waals surface area contributed by atoms with E-state index in [2.05, 4.69) is 16.1 Å². The van der Waals surface area contributed by atoms with Crippen molar-refractivity contribution in [3.63, 3.8) is 0 Å². The number of amides is 1. The van der Waals surface area contributed by atoms with E-state index >= 15 is 0 Å². The monoisotopic (exact) mass is 280 g/mol. The highest BCUT2D eigenvalue weighted by molar-refractivity contribution is 5.88. The Labute approximate surface area is 122 Å². The Morgan fingerprint density at radius 3 is 3.10 bits per heavy atom. The van der Waals surface area contributed by atoms with Crippen molar-refractivity contribution in [1.82, 2.24) is 19.7 Å². The maximum absolute atomic E-state index is 12.5. The van der Waals surface area contributed by atoms with Gasteiger partial charge in [-0.3, -0.25) is 9.48 Å². The van der Waals surface area contributed by atoms with Crippen LogP contribution in [0.3, 0.4) is 0 Å². The van der Waals surface area contributed by atoms with Crippen LogP contribution in [0.15, 0.2) is 42.7 Å². The molecule has 0 unspecified atom stereocenters. The van der Waals surface area contributed by atoms with Crippen LogP contribution < -0.4 is 0 Å². The highest BCUT2D eigenvalue weighted by Crippen LogP contribution is 2.20. The highest BCUT2D eigenvalue weighted by atomic mass is 16.2. The van der Waals surface area contributed by atoms with Crippen molar-refractivity contribution < 1.29 is 4.79 Å². The number of benzene rings is 1. The van der Waals surface area contributed by atoms with Gasteiger partial charge in [-0.2, -0.15) is 5.10 Å². The van der Waals surface area contributed by atoms with E-state index in [0.717, 1.165) is 35.2 Å². The largest absolute Gasteiger partial charge is 0.361 e. The molecule has 106 valence electrons. The van der Waals surface area contributed by atoms with Gasteiger partial charge in [0.25, 0.3) is 0 Å². The quantitative estimate of drug-likeness (QED) is 0.780. The predicted octanol–water partition coefficient (Wildman–Crippen LogP) is 1.95. The summed E-state index contributed by atoms with van der Waals surface area (Å²) in [4.78, 5) is 17.7. The SMILES string of the molecule is O=C(Cc1c[nH]c2ccccc12)N1CCn2nccc2C1. The zero-order chi connectivity index (χ0) is 14.2. The summed E-state index contributed by atoms with van der Waals surface area (Å²) in [6.45, 7) is 2.17. The van der Waals surface area contributed by atoms with Crippen molar-refractivity contribution in [2.75, 3.05) is 6.54 Å². The van der Waals surface area contributed by atoms with Gasteiger partial charge >= 0.3 is 0 Å². The van der Waals surface area contributed by atoms with Crippen molar-refractivity contribution in [3.05, 3.63) is 54.0 Å². The number of nitrogens with one attached hydrogen (secondary N) is 1. The molecule has 0 fully saturated rings. The molecule has 5 nitrogen and oxygen atoms in total. The Kier molecular flexibility index (Phi) is 2.77. The van der Waals surface area contributed by atoms with Gasteiger partial charge in [-0.05, 0) is 17.7 Å². The Balaban J connectivity index is 1.54. The van der Waals surface area contributed by atoms with E-state index in [1.807, 2.05) is 40.0 Å². The van der Waals surface area contributed by atoms with Crippen LogP contribution in [-0.2, 0) is 24.3 Å². The zero-order valence-corrected chi connectivity index (χ0v) is 11.6. The number of hydrogen-bond donors (Lipinski definition) is 1. The number of fused-ring (bicyclic) bond motifs is 2. The molecule has 0 aliphatic carbocycles. The number of nitrogens with zero attached hydrogens (tertiary/aromatic N) is 3. The highest BCUT2D eigenvalue weighted by Gasteiger charge is 2.21. The number of carbonyl (C=O) groups is 1. The predicted molar refractivity (Wildman–Crippen MR) is 79.6 cm³/mol. The van der Waals surface area contributed by atoms with Crippen LogP contribution in [0.4, 0.5) is 0 Å². The lowest BCUT2D eigenvalue weighted by Gasteiger charge is -2.27. The molecular weight excluding hydrogens is 264 g/mol. The molecule has 0 spiro atoms. The number of carbonyl (C=O) groups excluding carboxylic acids is 1. The molecule has 1 aliphatic rings. The van der Waals surface area contributed by atoms with Gasteiger partial charge in [0, 0.05) is 29.8 Å². The fourth-order valence-corrected chi connectivity index (χ4v) is 2.95. The summed E-state index contributed by atoms with van der Waals surface area (Å²) in [6.07, 6.45) is 4.18. The van der Waals surface area contributed by atoms with Gasteiger partial charge in [-0.1, -0.05) is 18.2 Å². The first-order valence-corrected chi connectivity index (χ1v) is 7.15. The summed E-state index contributed by atoms with van der Waals surface area (Å²) < 4.78 is 1.97. The van der Waals surface area contributed by atoms with E-state index in [1.165, 1.54) is 0 Å². The summed E-state index contributed by atoms with van der Waals surface area (Å²) in [5, 5.41) is 5.37. The van der Waals surface area contributed by atoms with Gasteiger partial charge in [0.2, 0.25) is 5.91 Å². The molecule has 2 aromatic heterocycles. The average molecular weight is 280 g/mol. The maximum Gasteiger partial charge on any atom is 0.227 e. The number of H-pyrrole nitrogens is 1. The smallest absolute Gasteiger partial charge is 0.227 e. The van der Waals surface area contributed by atoms with Crippen LogP contribution in [-0.4, -0.2) is 32.1 Å². The number of aromatic nitrogens is 3. The van der Waals surface area contributed by atoms with Crippen LogP contribution >= 0.6 is 0 Å². The summed E-state index contributed by atoms with van der Waals surface area (Å²) in [5.41, 5.74) is 3.25. The topological polar surface area (TPSA) is 53.9 Å². The fourth-order valence-electron chi connectivity index (χ4n) is 2.95. The number of para-hydroxylation sites is 1. The summed E-state index contributed by atoms with van der Waals surface area (Å²) >= 11 is 0. The van der Waals surface area contributed by atoms with Gasteiger partial charge < -0.3 is 9.88 Å². The lowest BCUT2D eigenvalue weighted by molar-refractivity contribution is -0.131. The minimum atomic E-state index is 0.173. The molecule has 0 saturated heterocycles. The van der Waals surface area contributed by atoms with E-state index in [0.29, 0.717) is 13.0 Å². The molecule has 1 amide bonds. The van der Waals surface area contributed by atoms with Crippen LogP contribution in [0.1, 0.15) is 11.3 Å². The normalized spacial score (nSPS) is 14.4. The average Bonchev–Trinajstić information content (AvgIpc) is 3.13. The molecule has 5 heteroatoms. The second kappa shape index (κ2) is 4.77. The Bertz CT molecular complexity index is 801. The summed E-state index contributed by atoms with van der Waals surface area (Å²) in [6, 6.07) is 10.1. The molecule has 0 saturated carbocycles. The van der Waals surface area contributed by atoms with Gasteiger partial charge in [-0.15, -0.1) is 0 Å². The molecule has 1 N–H and O–H groups in total. The lowest BCUT2D eigenvalue weighted by atomic mass is 10.1. The first kappa shape index (κ1) is 12.2. The van der Waals surface area contributed by atoms with E-state index in [4.69, 9.17) is 0 Å². The molecule has 4 rings (SSSR count). The van der Waals surface area contributed by atoms with Gasteiger partial charge in [0.15, 0.2) is 0 Å². The molecule has 1 aromatic carbocycles. The number of hydrogen-bond acceptors (Lipinski definition) is 2. The lowest BCUT2D eigenvalue weighted by Crippen LogP contribution is -2.39. The molecule has 1 aliphatic heterocycles. The van der Waals surface area contributed by atoms with Crippen molar-refractivity contribution in [1.29, 1.82) is 0 Å². The van der Waals surface area contributed by atoms with E-state index < -0.39 is 0 Å². The second-order valence-corrected chi connectivity index (χ2v) is 5.40. The Morgan fingerprint density at radius 2 is 2.14 bits per heavy atom. The van der Waals surface area contributed by atoms with E-state index in [9.17, 15) is 4.79 Å². The molecule has 3 heterocycles. The van der Waals surface area contributed by atoms with Crippen LogP contribution in [0.2, 0.25) is 0 Å². The number of aromatic amines is 1. The van der Waals surface area contributed by atoms with Crippen LogP contribution in [0.5, 0.6) is 0 Å². The van der Waals surface area contributed by atoms with Crippen molar-refractivity contribution >= 4 is 16.8 Å². The minimum Gasteiger partial charge on any atom is -0.361 e. The van der Waals surface area contributed by atoms with Gasteiger partial charge in [0.1, 0.15) is 0 Å². The second-order valence-electron chi connectivity index (χ2n) is 5.40. The molecule has 0 atom stereocenters. The van der Waals surface area contributed by atoms with Crippen molar-refractivity contribution in [2.45, 2.75) is 19.5 Å². The standard InChI is InChI=1S/C16H16N4O/c21-16(19-7-8-20-13(11-19)5-6-18-20)9-12-10-17-15-4-2-1-3-14(12)15/h1-6,10,17H,7-9,11H2. The van der Waals surface area contributed by atoms with Crippen LogP contribution in [0, 0.1) is 0 Å².